The van der Waals surface area contributed by atoms with Crippen LogP contribution in [0, 0.1) is 17.1 Å². The molecule has 1 N–H and O–H groups in total. The van der Waals surface area contributed by atoms with Gasteiger partial charge in [-0.25, -0.2) is 4.39 Å². The van der Waals surface area contributed by atoms with E-state index >= 15 is 0 Å². The Bertz CT molecular complexity index is 834. The zero-order valence-corrected chi connectivity index (χ0v) is 13.7. The predicted molar refractivity (Wildman–Crippen MR) is 96.5 cm³/mol. The molecule has 4 nitrogen and oxygen atoms in total. The molecule has 0 bridgehead atoms. The number of para-hydroxylation sites is 1. The molecule has 126 valence electrons. The zero-order chi connectivity index (χ0) is 17.6. The summed E-state index contributed by atoms with van der Waals surface area (Å²) < 4.78 is 14.3. The summed E-state index contributed by atoms with van der Waals surface area (Å²) >= 11 is 0. The molecule has 3 rings (SSSR count). The fourth-order valence-corrected chi connectivity index (χ4v) is 2.86. The maximum atomic E-state index is 14.3. The molecule has 1 saturated heterocycles. The molecule has 0 atom stereocenters. The van der Waals surface area contributed by atoms with Crippen LogP contribution < -0.4 is 10.2 Å². The van der Waals surface area contributed by atoms with Crippen molar-refractivity contribution < 1.29 is 9.18 Å². The third-order valence-corrected chi connectivity index (χ3v) is 4.13. The number of anilines is 2. The number of hydrogen-bond acceptors (Lipinski definition) is 3. The van der Waals surface area contributed by atoms with Crippen LogP contribution in [0.4, 0.5) is 15.8 Å². The normalized spacial score (nSPS) is 14.2. The lowest BCUT2D eigenvalue weighted by Gasteiger charge is -2.18. The summed E-state index contributed by atoms with van der Waals surface area (Å²) in [7, 11) is 0. The van der Waals surface area contributed by atoms with Gasteiger partial charge in [-0.1, -0.05) is 24.3 Å². The lowest BCUT2D eigenvalue weighted by Crippen LogP contribution is -2.18. The molecule has 0 unspecified atom stereocenters. The van der Waals surface area contributed by atoms with Gasteiger partial charge in [0.1, 0.15) is 17.5 Å². The number of carbonyl (C=O) groups excluding carboxylic acids is 1. The van der Waals surface area contributed by atoms with Gasteiger partial charge in [0, 0.05) is 18.8 Å². The van der Waals surface area contributed by atoms with Gasteiger partial charge in [-0.3, -0.25) is 4.79 Å². The summed E-state index contributed by atoms with van der Waals surface area (Å²) in [5, 5.41) is 11.9. The first kappa shape index (κ1) is 16.7. The summed E-state index contributed by atoms with van der Waals surface area (Å²) in [4.78, 5) is 14.2. The van der Waals surface area contributed by atoms with Crippen LogP contribution in [0.15, 0.2) is 54.1 Å². The minimum absolute atomic E-state index is 0.0721. The number of rotatable bonds is 4. The van der Waals surface area contributed by atoms with Gasteiger partial charge in [0.15, 0.2) is 0 Å². The second-order valence-electron chi connectivity index (χ2n) is 5.89. The first-order chi connectivity index (χ1) is 12.2. The number of nitrogens with zero attached hydrogens (tertiary/aromatic N) is 2. The Kier molecular flexibility index (Phi) is 5.10. The van der Waals surface area contributed by atoms with Crippen molar-refractivity contribution in [2.24, 2.45) is 0 Å². The molecule has 1 aliphatic rings. The van der Waals surface area contributed by atoms with Gasteiger partial charge in [0.2, 0.25) is 0 Å². The summed E-state index contributed by atoms with van der Waals surface area (Å²) in [5.41, 5.74) is 1.59. The summed E-state index contributed by atoms with van der Waals surface area (Å²) in [6.07, 6.45) is 3.54. The second kappa shape index (κ2) is 7.63. The van der Waals surface area contributed by atoms with E-state index in [2.05, 4.69) is 5.32 Å². The average molecular weight is 335 g/mol. The zero-order valence-electron chi connectivity index (χ0n) is 13.7. The quantitative estimate of drug-likeness (QED) is 0.679. The summed E-state index contributed by atoms with van der Waals surface area (Å²) in [6, 6.07) is 15.5. The van der Waals surface area contributed by atoms with Crippen molar-refractivity contribution in [2.75, 3.05) is 23.3 Å². The first-order valence-corrected chi connectivity index (χ1v) is 8.20. The van der Waals surface area contributed by atoms with Gasteiger partial charge < -0.3 is 10.2 Å². The minimum atomic E-state index is -0.516. The van der Waals surface area contributed by atoms with Crippen molar-refractivity contribution in [3.63, 3.8) is 0 Å². The Hall–Kier alpha value is -3.13. The van der Waals surface area contributed by atoms with Crippen LogP contribution >= 0.6 is 0 Å². The van der Waals surface area contributed by atoms with Crippen molar-refractivity contribution in [1.82, 2.24) is 0 Å². The highest BCUT2D eigenvalue weighted by atomic mass is 19.1. The Labute approximate surface area is 146 Å². The minimum Gasteiger partial charge on any atom is -0.369 e. The Morgan fingerprint density at radius 2 is 1.88 bits per heavy atom. The Morgan fingerprint density at radius 1 is 1.16 bits per heavy atom. The fourth-order valence-electron chi connectivity index (χ4n) is 2.86. The molecule has 1 heterocycles. The van der Waals surface area contributed by atoms with Crippen molar-refractivity contribution in [2.45, 2.75) is 12.8 Å². The van der Waals surface area contributed by atoms with E-state index in [1.165, 1.54) is 12.1 Å². The average Bonchev–Trinajstić information content (AvgIpc) is 3.15. The molecular weight excluding hydrogens is 317 g/mol. The molecule has 0 radical (unpaired) electrons. The smallest absolute Gasteiger partial charge is 0.266 e. The van der Waals surface area contributed by atoms with E-state index in [0.29, 0.717) is 16.9 Å². The first-order valence-electron chi connectivity index (χ1n) is 8.20. The van der Waals surface area contributed by atoms with Crippen molar-refractivity contribution in [3.05, 3.63) is 65.5 Å². The molecule has 1 aliphatic heterocycles. The monoisotopic (exact) mass is 335 g/mol. The number of nitriles is 1. The van der Waals surface area contributed by atoms with Gasteiger partial charge in [0.05, 0.1) is 5.69 Å². The molecule has 1 fully saturated rings. The van der Waals surface area contributed by atoms with Crippen LogP contribution in [0.5, 0.6) is 0 Å². The second-order valence-corrected chi connectivity index (χ2v) is 5.89. The van der Waals surface area contributed by atoms with Crippen LogP contribution in [0.25, 0.3) is 6.08 Å². The predicted octanol–water partition coefficient (Wildman–Crippen LogP) is 3.97. The van der Waals surface area contributed by atoms with E-state index in [9.17, 15) is 14.4 Å². The van der Waals surface area contributed by atoms with E-state index < -0.39 is 5.91 Å². The van der Waals surface area contributed by atoms with Gasteiger partial charge >= 0.3 is 0 Å². The van der Waals surface area contributed by atoms with Crippen LogP contribution in [-0.2, 0) is 4.79 Å². The summed E-state index contributed by atoms with van der Waals surface area (Å²) in [6.45, 7) is 1.71. The topological polar surface area (TPSA) is 56.1 Å². The highest BCUT2D eigenvalue weighted by Crippen LogP contribution is 2.25. The van der Waals surface area contributed by atoms with Crippen molar-refractivity contribution >= 4 is 23.4 Å². The molecule has 2 aromatic rings. The van der Waals surface area contributed by atoms with Crippen LogP contribution in [0.2, 0.25) is 0 Å². The molecule has 2 aromatic carbocycles. The highest BCUT2D eigenvalue weighted by molar-refractivity contribution is 6.09. The van der Waals surface area contributed by atoms with Gasteiger partial charge in [-0.05, 0) is 48.7 Å². The van der Waals surface area contributed by atoms with Crippen LogP contribution in [0.1, 0.15) is 18.4 Å². The molecule has 25 heavy (non-hydrogen) atoms. The van der Waals surface area contributed by atoms with E-state index in [-0.39, 0.29) is 11.4 Å². The molecular formula is C20H18FN3O. The van der Waals surface area contributed by atoms with E-state index in [1.807, 2.05) is 17.0 Å². The van der Waals surface area contributed by atoms with Crippen LogP contribution in [0.3, 0.4) is 0 Å². The van der Waals surface area contributed by atoms with Crippen LogP contribution in [-0.4, -0.2) is 19.0 Å². The van der Waals surface area contributed by atoms with Gasteiger partial charge in [-0.15, -0.1) is 0 Å². The lowest BCUT2D eigenvalue weighted by molar-refractivity contribution is -0.112. The van der Waals surface area contributed by atoms with E-state index in [1.54, 1.807) is 36.4 Å². The number of amides is 1. The highest BCUT2D eigenvalue weighted by Gasteiger charge is 2.16. The van der Waals surface area contributed by atoms with E-state index in [0.717, 1.165) is 25.9 Å². The lowest BCUT2D eigenvalue weighted by atomic mass is 10.1. The summed E-state index contributed by atoms with van der Waals surface area (Å²) in [5.74, 6) is -0.853. The molecule has 0 aromatic heterocycles. The molecule has 0 saturated carbocycles. The number of nitrogens with one attached hydrogen (secondary N) is 1. The number of hydrogen-bond donors (Lipinski definition) is 1. The largest absolute Gasteiger partial charge is 0.369 e. The molecule has 0 spiro atoms. The number of carbonyl (C=O) groups is 1. The van der Waals surface area contributed by atoms with Crippen molar-refractivity contribution in [3.8, 4) is 6.07 Å². The fraction of sp³-hybridized carbons (Fsp3) is 0.200. The third-order valence-electron chi connectivity index (χ3n) is 4.13. The Balaban J connectivity index is 1.78. The third kappa shape index (κ3) is 4.04. The van der Waals surface area contributed by atoms with Crippen molar-refractivity contribution in [1.29, 1.82) is 5.26 Å². The number of halogens is 1. The van der Waals surface area contributed by atoms with Gasteiger partial charge in [0.25, 0.3) is 5.91 Å². The maximum absolute atomic E-state index is 14.3. The van der Waals surface area contributed by atoms with Gasteiger partial charge in [-0.2, -0.15) is 5.26 Å². The standard InChI is InChI=1S/C20H18FN3O/c21-18-13-15(8-9-19(18)24-10-4-5-11-24)12-16(14-22)20(25)23-17-6-2-1-3-7-17/h1-3,6-9,12-13H,4-5,10-11H2,(H,23,25)/b16-12-. The number of benzene rings is 2. The SMILES string of the molecule is N#C/C(=C/c1ccc(N2CCCC2)c(F)c1)C(=O)Nc1ccccc1. The Morgan fingerprint density at radius 3 is 2.52 bits per heavy atom. The molecule has 1 amide bonds. The van der Waals surface area contributed by atoms with E-state index in [4.69, 9.17) is 0 Å². The molecule has 0 aliphatic carbocycles. The maximum Gasteiger partial charge on any atom is 0.266 e. The molecule has 5 heteroatoms.